The molecule has 5 nitrogen and oxygen atoms in total. The van der Waals surface area contributed by atoms with Crippen LogP contribution in [0.3, 0.4) is 0 Å². The van der Waals surface area contributed by atoms with E-state index in [0.29, 0.717) is 6.61 Å². The average Bonchev–Trinajstić information content (AvgIpc) is 2.54. The lowest BCUT2D eigenvalue weighted by atomic mass is 9.96. The molecule has 1 aliphatic heterocycles. The monoisotopic (exact) mass is 389 g/mol. The molecule has 1 heterocycles. The highest BCUT2D eigenvalue weighted by Crippen LogP contribution is 2.40. The molecule has 9 heteroatoms. The highest BCUT2D eigenvalue weighted by Gasteiger charge is 2.38. The smallest absolute Gasteiger partial charge is 0.374 e. The Morgan fingerprint density at radius 3 is 2.54 bits per heavy atom. The lowest BCUT2D eigenvalue weighted by Gasteiger charge is -2.32. The van der Waals surface area contributed by atoms with Crippen LogP contribution in [0.25, 0.3) is 0 Å². The van der Waals surface area contributed by atoms with Crippen molar-refractivity contribution in [2.45, 2.75) is 33.1 Å². The second-order valence-electron chi connectivity index (χ2n) is 6.36. The van der Waals surface area contributed by atoms with Crippen molar-refractivity contribution in [3.63, 3.8) is 0 Å². The minimum Gasteiger partial charge on any atom is -0.374 e. The number of carbonyl (C=O) groups is 1. The van der Waals surface area contributed by atoms with E-state index in [1.54, 1.807) is 13.2 Å². The quantitative estimate of drug-likeness (QED) is 0.699. The summed E-state index contributed by atoms with van der Waals surface area (Å²) < 4.78 is 46.2. The number of halogens is 3. The molecule has 0 aliphatic carbocycles. The van der Waals surface area contributed by atoms with Gasteiger partial charge in [0.1, 0.15) is 5.82 Å². The second kappa shape index (κ2) is 7.89. The summed E-state index contributed by atoms with van der Waals surface area (Å²) in [6, 6.07) is 2.19. The third kappa shape index (κ3) is 4.33. The summed E-state index contributed by atoms with van der Waals surface area (Å²) in [5.41, 5.74) is -0.691. The molecule has 1 atom stereocenters. The van der Waals surface area contributed by atoms with Crippen molar-refractivity contribution in [3.8, 4) is 0 Å². The minimum absolute atomic E-state index is 0.0661. The van der Waals surface area contributed by atoms with Gasteiger partial charge < -0.3 is 10.1 Å². The SMILES string of the molecule is C=C1Nc2cc(C(F)(F)F)c(C(C)OCC(C)C)cc2C(=O)N1NSC. The number of rotatable bonds is 6. The number of nitrogens with one attached hydrogen (secondary N) is 2. The van der Waals surface area contributed by atoms with Gasteiger partial charge in [0.25, 0.3) is 5.91 Å². The Labute approximate surface area is 155 Å². The summed E-state index contributed by atoms with van der Waals surface area (Å²) in [6.45, 7) is 9.37. The lowest BCUT2D eigenvalue weighted by Crippen LogP contribution is -2.43. The summed E-state index contributed by atoms with van der Waals surface area (Å²) in [4.78, 5) is 15.4. The van der Waals surface area contributed by atoms with Crippen molar-refractivity contribution in [2.24, 2.45) is 5.92 Å². The first-order chi connectivity index (χ1) is 12.1. The van der Waals surface area contributed by atoms with E-state index in [1.165, 1.54) is 18.0 Å². The van der Waals surface area contributed by atoms with Crippen LogP contribution < -0.4 is 10.1 Å². The predicted octanol–water partition coefficient (Wildman–Crippen LogP) is 4.56. The number of anilines is 1. The maximum Gasteiger partial charge on any atom is 0.416 e. The number of hydrogen-bond acceptors (Lipinski definition) is 5. The van der Waals surface area contributed by atoms with Crippen LogP contribution in [0, 0.1) is 5.92 Å². The molecule has 1 aliphatic rings. The topological polar surface area (TPSA) is 53.6 Å². The lowest BCUT2D eigenvalue weighted by molar-refractivity contribution is -0.139. The standard InChI is InChI=1S/C17H22F3N3O2S/c1-9(2)8-25-10(3)12-6-13-15(7-14(12)17(18,19)20)21-11(4)23(16(13)24)22-26-5/h6-7,9-10,21-22H,4,8H2,1-3,5H3. The van der Waals surface area contributed by atoms with Crippen molar-refractivity contribution in [1.82, 2.24) is 9.84 Å². The molecule has 0 fully saturated rings. The van der Waals surface area contributed by atoms with Crippen molar-refractivity contribution in [3.05, 3.63) is 41.2 Å². The molecule has 1 aromatic carbocycles. The van der Waals surface area contributed by atoms with E-state index in [2.05, 4.69) is 16.7 Å². The zero-order chi connectivity index (χ0) is 19.6. The van der Waals surface area contributed by atoms with Crippen molar-refractivity contribution < 1.29 is 22.7 Å². The average molecular weight is 389 g/mol. The van der Waals surface area contributed by atoms with Gasteiger partial charge in [-0.1, -0.05) is 32.4 Å². The molecule has 2 N–H and O–H groups in total. The molecule has 26 heavy (non-hydrogen) atoms. The van der Waals surface area contributed by atoms with Crippen molar-refractivity contribution in [2.75, 3.05) is 18.2 Å². The van der Waals surface area contributed by atoms with E-state index in [0.717, 1.165) is 11.1 Å². The first-order valence-electron chi connectivity index (χ1n) is 8.02. The van der Waals surface area contributed by atoms with Crippen LogP contribution in [0.5, 0.6) is 0 Å². The van der Waals surface area contributed by atoms with Gasteiger partial charge in [-0.2, -0.15) is 18.0 Å². The van der Waals surface area contributed by atoms with Crippen LogP contribution >= 0.6 is 11.9 Å². The minimum atomic E-state index is -4.57. The first-order valence-corrected chi connectivity index (χ1v) is 9.24. The van der Waals surface area contributed by atoms with Crippen LogP contribution in [0.1, 0.15) is 48.4 Å². The van der Waals surface area contributed by atoms with Crippen molar-refractivity contribution >= 4 is 23.5 Å². The number of nitrogens with zero attached hydrogens (tertiary/aromatic N) is 1. The van der Waals surface area contributed by atoms with Crippen LogP contribution in [-0.4, -0.2) is 23.8 Å². The molecule has 0 radical (unpaired) electrons. The van der Waals surface area contributed by atoms with Gasteiger partial charge in [-0.15, -0.1) is 0 Å². The molecule has 0 bridgehead atoms. The molecule has 1 amide bonds. The number of carbonyl (C=O) groups excluding carboxylic acids is 1. The van der Waals surface area contributed by atoms with Gasteiger partial charge in [0, 0.05) is 6.61 Å². The third-order valence-corrected chi connectivity index (χ3v) is 4.14. The van der Waals surface area contributed by atoms with Gasteiger partial charge in [0.2, 0.25) is 0 Å². The molecule has 0 aromatic heterocycles. The van der Waals surface area contributed by atoms with Crippen LogP contribution in [-0.2, 0) is 10.9 Å². The Morgan fingerprint density at radius 2 is 2.00 bits per heavy atom. The Balaban J connectivity index is 2.51. The van der Waals surface area contributed by atoms with E-state index in [1.807, 2.05) is 13.8 Å². The summed E-state index contributed by atoms with van der Waals surface area (Å²) in [5.74, 6) is -0.150. The molecule has 0 spiro atoms. The molecule has 0 saturated carbocycles. The third-order valence-electron chi connectivity index (χ3n) is 3.78. The van der Waals surface area contributed by atoms with Crippen molar-refractivity contribution in [1.29, 1.82) is 0 Å². The summed E-state index contributed by atoms with van der Waals surface area (Å²) >= 11 is 1.17. The number of hydrazine groups is 1. The van der Waals surface area contributed by atoms with E-state index >= 15 is 0 Å². The number of amides is 1. The van der Waals surface area contributed by atoms with Gasteiger partial charge in [-0.3, -0.25) is 4.79 Å². The van der Waals surface area contributed by atoms with Gasteiger partial charge in [-0.05, 0) is 36.8 Å². The Kier molecular flexibility index (Phi) is 6.25. The van der Waals surface area contributed by atoms with E-state index < -0.39 is 23.8 Å². The van der Waals surface area contributed by atoms with Crippen LogP contribution in [0.2, 0.25) is 0 Å². The molecular formula is C17H22F3N3O2S. The normalized spacial score (nSPS) is 15.9. The Bertz CT molecular complexity index is 707. The number of benzene rings is 1. The van der Waals surface area contributed by atoms with Gasteiger partial charge >= 0.3 is 6.18 Å². The number of fused-ring (bicyclic) bond motifs is 1. The molecule has 1 unspecified atom stereocenters. The molecule has 1 aromatic rings. The number of ether oxygens (including phenoxy) is 1. The van der Waals surface area contributed by atoms with E-state index in [4.69, 9.17) is 4.74 Å². The fourth-order valence-electron chi connectivity index (χ4n) is 2.55. The maximum absolute atomic E-state index is 13.6. The summed E-state index contributed by atoms with van der Waals surface area (Å²) in [5, 5.41) is 3.90. The van der Waals surface area contributed by atoms with Gasteiger partial charge in [0.05, 0.1) is 22.9 Å². The second-order valence-corrected chi connectivity index (χ2v) is 6.95. The fraction of sp³-hybridized carbons (Fsp3) is 0.471. The zero-order valence-electron chi connectivity index (χ0n) is 15.0. The molecule has 144 valence electrons. The highest BCUT2D eigenvalue weighted by atomic mass is 32.2. The summed E-state index contributed by atoms with van der Waals surface area (Å²) in [7, 11) is 0. The first kappa shape index (κ1) is 20.6. The zero-order valence-corrected chi connectivity index (χ0v) is 15.8. The molecule has 2 rings (SSSR count). The van der Waals surface area contributed by atoms with Crippen LogP contribution in [0.4, 0.5) is 18.9 Å². The Hall–Kier alpha value is -1.71. The van der Waals surface area contributed by atoms with E-state index in [-0.39, 0.29) is 28.6 Å². The van der Waals surface area contributed by atoms with Crippen LogP contribution in [0.15, 0.2) is 24.5 Å². The molecular weight excluding hydrogens is 367 g/mol. The number of alkyl halides is 3. The van der Waals surface area contributed by atoms with E-state index in [9.17, 15) is 18.0 Å². The fourth-order valence-corrected chi connectivity index (χ4v) is 2.92. The Morgan fingerprint density at radius 1 is 1.35 bits per heavy atom. The largest absolute Gasteiger partial charge is 0.416 e. The number of hydrogen-bond donors (Lipinski definition) is 2. The highest BCUT2D eigenvalue weighted by molar-refractivity contribution is 7.96. The van der Waals surface area contributed by atoms with Gasteiger partial charge in [-0.25, -0.2) is 5.01 Å². The molecule has 0 saturated heterocycles. The predicted molar refractivity (Wildman–Crippen MR) is 96.2 cm³/mol. The van der Waals surface area contributed by atoms with Gasteiger partial charge in [0.15, 0.2) is 0 Å². The summed E-state index contributed by atoms with van der Waals surface area (Å²) in [6.07, 6.45) is -3.66. The maximum atomic E-state index is 13.6.